The van der Waals surface area contributed by atoms with Gasteiger partial charge in [0, 0.05) is 18.1 Å². The van der Waals surface area contributed by atoms with E-state index >= 15 is 0 Å². The van der Waals surface area contributed by atoms with Crippen molar-refractivity contribution in [2.75, 3.05) is 18.5 Å². The molecule has 7 nitrogen and oxygen atoms in total. The summed E-state index contributed by atoms with van der Waals surface area (Å²) in [7, 11) is 0. The van der Waals surface area contributed by atoms with Crippen LogP contribution in [-0.2, 0) is 9.59 Å². The van der Waals surface area contributed by atoms with Gasteiger partial charge in [-0.25, -0.2) is 9.82 Å². The number of ether oxygens (including phenoxy) is 1. The van der Waals surface area contributed by atoms with Gasteiger partial charge in [-0.3, -0.25) is 9.59 Å². The lowest BCUT2D eigenvalue weighted by atomic mass is 10.0. The molecule has 4 rings (SSSR count). The minimum absolute atomic E-state index is 0.00716. The zero-order chi connectivity index (χ0) is 21.1. The Bertz CT molecular complexity index is 946. The molecule has 2 N–H and O–H groups in total. The summed E-state index contributed by atoms with van der Waals surface area (Å²) in [5.74, 6) is -0.0564. The van der Waals surface area contributed by atoms with E-state index in [4.69, 9.17) is 4.74 Å². The van der Waals surface area contributed by atoms with Gasteiger partial charge in [0.05, 0.1) is 12.6 Å². The minimum Gasteiger partial charge on any atom is -0.494 e. The third-order valence-corrected chi connectivity index (χ3v) is 5.11. The normalized spacial score (nSPS) is 20.3. The van der Waals surface area contributed by atoms with Gasteiger partial charge in [0.2, 0.25) is 5.91 Å². The second kappa shape index (κ2) is 8.54. The Morgan fingerprint density at radius 1 is 1.17 bits per heavy atom. The zero-order valence-corrected chi connectivity index (χ0v) is 16.5. The summed E-state index contributed by atoms with van der Waals surface area (Å²) >= 11 is 0. The van der Waals surface area contributed by atoms with Gasteiger partial charge in [-0.1, -0.05) is 12.1 Å². The number of amides is 2. The van der Waals surface area contributed by atoms with Crippen LogP contribution in [0.1, 0.15) is 24.9 Å². The molecule has 2 aliphatic rings. The van der Waals surface area contributed by atoms with E-state index in [9.17, 15) is 14.0 Å². The van der Waals surface area contributed by atoms with Crippen LogP contribution < -0.4 is 15.5 Å². The van der Waals surface area contributed by atoms with Crippen LogP contribution in [0.5, 0.6) is 5.75 Å². The first-order valence-electron chi connectivity index (χ1n) is 9.85. The van der Waals surface area contributed by atoms with E-state index in [1.807, 2.05) is 31.2 Å². The van der Waals surface area contributed by atoms with Crippen molar-refractivity contribution in [1.82, 2.24) is 15.3 Å². The topological polar surface area (TPSA) is 73.9 Å². The molecule has 0 radical (unpaired) electrons. The molecule has 1 fully saturated rings. The molecule has 2 amide bonds. The maximum atomic E-state index is 13.0. The second-order valence-electron chi connectivity index (χ2n) is 7.16. The summed E-state index contributed by atoms with van der Waals surface area (Å²) < 4.78 is 18.5. The van der Waals surface area contributed by atoms with Crippen molar-refractivity contribution in [2.24, 2.45) is 0 Å². The number of fused-ring (bicyclic) bond motifs is 1. The molecule has 0 aromatic heterocycles. The highest BCUT2D eigenvalue weighted by atomic mass is 19.1. The van der Waals surface area contributed by atoms with Gasteiger partial charge >= 0.3 is 0 Å². The molecule has 0 bridgehead atoms. The van der Waals surface area contributed by atoms with Gasteiger partial charge < -0.3 is 20.0 Å². The van der Waals surface area contributed by atoms with Crippen LogP contribution in [0, 0.1) is 5.82 Å². The van der Waals surface area contributed by atoms with E-state index in [1.165, 1.54) is 29.2 Å². The lowest BCUT2D eigenvalue weighted by Gasteiger charge is -2.31. The zero-order valence-electron chi connectivity index (χ0n) is 16.5. The lowest BCUT2D eigenvalue weighted by molar-refractivity contribution is -0.137. The number of hydrogen-bond acceptors (Lipinski definition) is 5. The van der Waals surface area contributed by atoms with Crippen LogP contribution in [0.4, 0.5) is 10.1 Å². The van der Waals surface area contributed by atoms with Gasteiger partial charge in [-0.05, 0) is 55.3 Å². The van der Waals surface area contributed by atoms with Gasteiger partial charge in [-0.15, -0.1) is 0 Å². The molecule has 8 heteroatoms. The standard InChI is InChI=1S/C22H23FN4O3/c1-2-30-18-9-3-15(4-10-18)19-13-20-22(29)26(11-12-27(20)25-19)14-21(28)24-17-7-5-16(23)6-8-17/h3-12,19-20,25H,2,13-14H2,1H3,(H,24,28). The number of carbonyl (C=O) groups is 2. The summed E-state index contributed by atoms with van der Waals surface area (Å²) in [6.07, 6.45) is 3.95. The minimum atomic E-state index is -0.384. The number of nitrogens with one attached hydrogen (secondary N) is 2. The molecule has 2 heterocycles. The number of nitrogens with zero attached hydrogens (tertiary/aromatic N) is 2. The van der Waals surface area contributed by atoms with E-state index in [0.29, 0.717) is 18.7 Å². The summed E-state index contributed by atoms with van der Waals surface area (Å²) in [5, 5.41) is 4.46. The summed E-state index contributed by atoms with van der Waals surface area (Å²) in [6, 6.07) is 12.9. The smallest absolute Gasteiger partial charge is 0.251 e. The fourth-order valence-corrected chi connectivity index (χ4v) is 3.64. The fourth-order valence-electron chi connectivity index (χ4n) is 3.64. The van der Waals surface area contributed by atoms with Gasteiger partial charge in [-0.2, -0.15) is 0 Å². The molecule has 0 spiro atoms. The number of hydrogen-bond donors (Lipinski definition) is 2. The molecule has 2 aromatic carbocycles. The van der Waals surface area contributed by atoms with E-state index in [2.05, 4.69) is 10.7 Å². The third kappa shape index (κ3) is 4.28. The molecule has 156 valence electrons. The SMILES string of the molecule is CCOc1ccc(C2CC3C(=O)N(CC(=O)Nc4ccc(F)cc4)C=CN3N2)cc1. The summed E-state index contributed by atoms with van der Waals surface area (Å²) in [6.45, 7) is 2.44. The maximum Gasteiger partial charge on any atom is 0.251 e. The number of anilines is 1. The lowest BCUT2D eigenvalue weighted by Crippen LogP contribution is -2.49. The highest BCUT2D eigenvalue weighted by Crippen LogP contribution is 2.31. The van der Waals surface area contributed by atoms with Gasteiger partial charge in [0.1, 0.15) is 24.2 Å². The molecule has 0 aliphatic carbocycles. The van der Waals surface area contributed by atoms with Crippen molar-refractivity contribution in [3.63, 3.8) is 0 Å². The Labute approximate surface area is 174 Å². The Hall–Kier alpha value is -3.39. The highest BCUT2D eigenvalue weighted by Gasteiger charge is 2.40. The largest absolute Gasteiger partial charge is 0.494 e. The van der Waals surface area contributed by atoms with Crippen molar-refractivity contribution >= 4 is 17.5 Å². The summed E-state index contributed by atoms with van der Waals surface area (Å²) in [4.78, 5) is 26.6. The van der Waals surface area contributed by atoms with E-state index in [0.717, 1.165) is 11.3 Å². The highest BCUT2D eigenvalue weighted by molar-refractivity contribution is 5.96. The van der Waals surface area contributed by atoms with Crippen LogP contribution in [0.25, 0.3) is 0 Å². The van der Waals surface area contributed by atoms with E-state index < -0.39 is 0 Å². The number of carbonyl (C=O) groups excluding carboxylic acids is 2. The van der Waals surface area contributed by atoms with Crippen LogP contribution >= 0.6 is 0 Å². The van der Waals surface area contributed by atoms with E-state index in [1.54, 1.807) is 17.4 Å². The van der Waals surface area contributed by atoms with Crippen LogP contribution in [-0.4, -0.2) is 40.9 Å². The summed E-state index contributed by atoms with van der Waals surface area (Å²) in [5.41, 5.74) is 4.88. The molecular weight excluding hydrogens is 387 g/mol. The second-order valence-corrected chi connectivity index (χ2v) is 7.16. The molecular formula is C22H23FN4O3. The first-order chi connectivity index (χ1) is 14.5. The monoisotopic (exact) mass is 410 g/mol. The Balaban J connectivity index is 1.36. The van der Waals surface area contributed by atoms with E-state index in [-0.39, 0.29) is 36.3 Å². The number of benzene rings is 2. The quantitative estimate of drug-likeness (QED) is 0.766. The average molecular weight is 410 g/mol. The fraction of sp³-hybridized carbons (Fsp3) is 0.273. The van der Waals surface area contributed by atoms with Gasteiger partial charge in [0.15, 0.2) is 0 Å². The van der Waals surface area contributed by atoms with Crippen LogP contribution in [0.15, 0.2) is 60.9 Å². The van der Waals surface area contributed by atoms with Crippen molar-refractivity contribution in [1.29, 1.82) is 0 Å². The Morgan fingerprint density at radius 3 is 2.60 bits per heavy atom. The molecule has 2 unspecified atom stereocenters. The maximum absolute atomic E-state index is 13.0. The molecule has 2 atom stereocenters. The molecule has 2 aliphatic heterocycles. The predicted molar refractivity (Wildman–Crippen MR) is 110 cm³/mol. The van der Waals surface area contributed by atoms with Crippen molar-refractivity contribution in [3.8, 4) is 5.75 Å². The number of hydrazine groups is 1. The number of halogens is 1. The molecule has 2 aromatic rings. The number of rotatable bonds is 6. The van der Waals surface area contributed by atoms with Crippen molar-refractivity contribution in [3.05, 3.63) is 72.3 Å². The first-order valence-corrected chi connectivity index (χ1v) is 9.85. The Kier molecular flexibility index (Phi) is 5.67. The van der Waals surface area contributed by atoms with Gasteiger partial charge in [0.25, 0.3) is 5.91 Å². The predicted octanol–water partition coefficient (Wildman–Crippen LogP) is 2.80. The third-order valence-electron chi connectivity index (χ3n) is 5.11. The van der Waals surface area contributed by atoms with Crippen LogP contribution in [0.3, 0.4) is 0 Å². The Morgan fingerprint density at radius 2 is 1.90 bits per heavy atom. The van der Waals surface area contributed by atoms with Crippen LogP contribution in [0.2, 0.25) is 0 Å². The van der Waals surface area contributed by atoms with Crippen molar-refractivity contribution in [2.45, 2.75) is 25.4 Å². The first kappa shape index (κ1) is 19.9. The molecule has 1 saturated heterocycles. The van der Waals surface area contributed by atoms with Crippen molar-refractivity contribution < 1.29 is 18.7 Å². The average Bonchev–Trinajstić information content (AvgIpc) is 3.18. The molecule has 30 heavy (non-hydrogen) atoms. The molecule has 0 saturated carbocycles.